The Labute approximate surface area is 301 Å². The molecule has 0 aliphatic carbocycles. The van der Waals surface area contributed by atoms with Crippen LogP contribution in [0.25, 0.3) is 0 Å². The van der Waals surface area contributed by atoms with E-state index in [-0.39, 0.29) is 11.1 Å². The summed E-state index contributed by atoms with van der Waals surface area (Å²) in [5.41, 5.74) is 1.95. The molecule has 7 aliphatic heterocycles. The minimum atomic E-state index is -1.48. The van der Waals surface area contributed by atoms with Gasteiger partial charge in [0.25, 0.3) is 0 Å². The van der Waals surface area contributed by atoms with Gasteiger partial charge in [-0.2, -0.15) is 0 Å². The van der Waals surface area contributed by atoms with Crippen LogP contribution in [0.1, 0.15) is 61.3 Å². The quantitative estimate of drug-likeness (QED) is 0.188. The summed E-state index contributed by atoms with van der Waals surface area (Å²) in [7, 11) is 0. The van der Waals surface area contributed by atoms with Crippen molar-refractivity contribution in [2.75, 3.05) is 58.9 Å². The summed E-state index contributed by atoms with van der Waals surface area (Å²) >= 11 is 0. The molecule has 6 unspecified atom stereocenters. The molecule has 0 bridgehead atoms. The van der Waals surface area contributed by atoms with Crippen molar-refractivity contribution in [1.82, 2.24) is 34.3 Å². The molecule has 6 atom stereocenters. The van der Waals surface area contributed by atoms with E-state index in [2.05, 4.69) is 33.4 Å². The molecule has 7 rings (SSSR count). The van der Waals surface area contributed by atoms with E-state index in [1.54, 1.807) is 0 Å². The highest BCUT2D eigenvalue weighted by Crippen LogP contribution is 2.53. The standard InChI is InChI=1S/C37H57N7O7/c1-8-38-17-15-19(45)21-27(47)23-29(49)25-31(51)26-30(50)24-28(48)22-20(46)16-18-39(9-2)33(22)41(11-4)35(24)43(13-6)37(26)44(14-7)36(25)42(12-5)34(23)40(10-3)32(21)38/h19-20,27-31,45-51H,8-18H2,1-7H3. The molecule has 0 spiro atoms. The Morgan fingerprint density at radius 2 is 0.588 bits per heavy atom. The van der Waals surface area contributed by atoms with Crippen molar-refractivity contribution in [1.29, 1.82) is 0 Å². The molecule has 0 saturated carbocycles. The lowest BCUT2D eigenvalue weighted by Gasteiger charge is -2.58. The van der Waals surface area contributed by atoms with E-state index in [4.69, 9.17) is 0 Å². The molecule has 0 radical (unpaired) electrons. The van der Waals surface area contributed by atoms with Crippen LogP contribution in [0.4, 0.5) is 0 Å². The summed E-state index contributed by atoms with van der Waals surface area (Å²) in [5.74, 6) is 3.95. The molecule has 282 valence electrons. The van der Waals surface area contributed by atoms with E-state index in [9.17, 15) is 35.7 Å². The Bertz CT molecular complexity index is 1530. The van der Waals surface area contributed by atoms with Crippen molar-refractivity contribution in [3.8, 4) is 0 Å². The zero-order chi connectivity index (χ0) is 36.8. The Kier molecular flexibility index (Phi) is 9.43. The topological polar surface area (TPSA) is 164 Å². The van der Waals surface area contributed by atoms with Crippen molar-refractivity contribution in [2.45, 2.75) is 104 Å². The Balaban J connectivity index is 1.39. The lowest BCUT2D eigenvalue weighted by Crippen LogP contribution is -2.61. The number of aliphatic hydroxyl groups is 7. The third-order valence-corrected chi connectivity index (χ3v) is 12.1. The van der Waals surface area contributed by atoms with Gasteiger partial charge in [0.1, 0.15) is 65.4 Å². The van der Waals surface area contributed by atoms with E-state index in [1.165, 1.54) is 0 Å². The summed E-state index contributed by atoms with van der Waals surface area (Å²) in [5, 5.41) is 84.0. The second kappa shape index (κ2) is 13.3. The third-order valence-electron chi connectivity index (χ3n) is 12.1. The first kappa shape index (κ1) is 36.1. The third kappa shape index (κ3) is 4.73. The van der Waals surface area contributed by atoms with E-state index in [0.29, 0.717) is 117 Å². The van der Waals surface area contributed by atoms with E-state index < -0.39 is 42.7 Å². The van der Waals surface area contributed by atoms with Crippen LogP contribution in [-0.2, 0) is 0 Å². The fraction of sp³-hybridized carbons (Fsp3) is 0.676. The van der Waals surface area contributed by atoms with Crippen LogP contribution in [0, 0.1) is 0 Å². The van der Waals surface area contributed by atoms with Gasteiger partial charge in [0, 0.05) is 92.3 Å². The van der Waals surface area contributed by atoms with Gasteiger partial charge in [-0.3, -0.25) is 0 Å². The van der Waals surface area contributed by atoms with Crippen LogP contribution in [0.15, 0.2) is 68.4 Å². The van der Waals surface area contributed by atoms with Gasteiger partial charge in [-0.05, 0) is 61.3 Å². The maximum Gasteiger partial charge on any atom is 0.120 e. The molecule has 14 nitrogen and oxygen atoms in total. The number of aliphatic hydroxyl groups excluding tert-OH is 7. The first-order chi connectivity index (χ1) is 24.5. The van der Waals surface area contributed by atoms with Crippen molar-refractivity contribution in [2.24, 2.45) is 0 Å². The first-order valence-electron chi connectivity index (χ1n) is 19.1. The molecule has 51 heavy (non-hydrogen) atoms. The Hall–Kier alpha value is -3.24. The largest absolute Gasteiger partial charge is 0.388 e. The van der Waals surface area contributed by atoms with Crippen LogP contribution in [-0.4, -0.2) is 172 Å². The van der Waals surface area contributed by atoms with Gasteiger partial charge in [0.15, 0.2) is 0 Å². The predicted octanol–water partition coefficient (Wildman–Crippen LogP) is -0.0890. The van der Waals surface area contributed by atoms with Crippen LogP contribution in [0.5, 0.6) is 0 Å². The SMILES string of the molecule is CCN1CCC(O)C2=C1N(CC)C1=C(C2O)C(O)C2=C(N1CC)N(CC)C1=C(C(O)C3=C(N(CC)C4=C(C(O)CCN4CC)C3O)N1CC)C2O. The smallest absolute Gasteiger partial charge is 0.120 e. The monoisotopic (exact) mass is 711 g/mol. The Morgan fingerprint density at radius 3 is 0.824 bits per heavy atom. The van der Waals surface area contributed by atoms with Gasteiger partial charge in [-0.15, -0.1) is 0 Å². The zero-order valence-electron chi connectivity index (χ0n) is 31.1. The maximum atomic E-state index is 12.5. The molecular weight excluding hydrogens is 654 g/mol. The molecule has 7 N–H and O–H groups in total. The molecule has 0 aromatic rings. The highest BCUT2D eigenvalue weighted by atomic mass is 16.3. The fourth-order valence-electron chi connectivity index (χ4n) is 9.86. The maximum absolute atomic E-state index is 12.5. The lowest BCUT2D eigenvalue weighted by atomic mass is 9.76. The second-order valence-corrected chi connectivity index (χ2v) is 14.2. The minimum absolute atomic E-state index is 0.236. The van der Waals surface area contributed by atoms with E-state index in [1.807, 2.05) is 49.3 Å². The van der Waals surface area contributed by atoms with Crippen molar-refractivity contribution >= 4 is 0 Å². The summed E-state index contributed by atoms with van der Waals surface area (Å²) in [4.78, 5) is 14.6. The number of rotatable bonds is 7. The normalized spacial score (nSPS) is 32.6. The van der Waals surface area contributed by atoms with Gasteiger partial charge in [-0.1, -0.05) is 0 Å². The number of hydrogen-bond donors (Lipinski definition) is 7. The molecule has 0 aromatic heterocycles. The Morgan fingerprint density at radius 1 is 0.353 bits per heavy atom. The zero-order valence-corrected chi connectivity index (χ0v) is 31.1. The van der Waals surface area contributed by atoms with Crippen molar-refractivity contribution in [3.63, 3.8) is 0 Å². The molecule has 0 amide bonds. The van der Waals surface area contributed by atoms with Gasteiger partial charge >= 0.3 is 0 Å². The molecule has 0 aromatic carbocycles. The highest BCUT2D eigenvalue weighted by molar-refractivity contribution is 5.58. The number of nitrogens with zero attached hydrogens (tertiary/aromatic N) is 7. The fourth-order valence-corrected chi connectivity index (χ4v) is 9.86. The summed E-state index contributed by atoms with van der Waals surface area (Å²) in [6.45, 7) is 19.1. The second-order valence-electron chi connectivity index (χ2n) is 14.2. The lowest BCUT2D eigenvalue weighted by molar-refractivity contribution is 0.0279. The summed E-state index contributed by atoms with van der Waals surface area (Å²) in [6, 6.07) is 0. The van der Waals surface area contributed by atoms with Crippen LogP contribution in [0.2, 0.25) is 0 Å². The molecule has 7 heterocycles. The van der Waals surface area contributed by atoms with Crippen LogP contribution < -0.4 is 0 Å². The molecule has 0 saturated heterocycles. The first-order valence-corrected chi connectivity index (χ1v) is 19.1. The molecular formula is C37H57N7O7. The average Bonchev–Trinajstić information content (AvgIpc) is 3.12. The minimum Gasteiger partial charge on any atom is -0.388 e. The van der Waals surface area contributed by atoms with E-state index in [0.717, 1.165) is 11.6 Å². The number of hydrogen-bond acceptors (Lipinski definition) is 14. The van der Waals surface area contributed by atoms with Gasteiger partial charge in [-0.25, -0.2) is 0 Å². The summed E-state index contributed by atoms with van der Waals surface area (Å²) in [6.07, 6.45) is -7.84. The molecule has 14 heteroatoms. The van der Waals surface area contributed by atoms with Crippen LogP contribution >= 0.6 is 0 Å². The predicted molar refractivity (Wildman–Crippen MR) is 190 cm³/mol. The van der Waals surface area contributed by atoms with Gasteiger partial charge < -0.3 is 70.0 Å². The molecule has 0 fully saturated rings. The van der Waals surface area contributed by atoms with Gasteiger partial charge in [0.05, 0.1) is 12.2 Å². The highest BCUT2D eigenvalue weighted by Gasteiger charge is 2.56. The van der Waals surface area contributed by atoms with Gasteiger partial charge in [0.2, 0.25) is 0 Å². The van der Waals surface area contributed by atoms with E-state index >= 15 is 0 Å². The van der Waals surface area contributed by atoms with Crippen molar-refractivity contribution < 1.29 is 35.7 Å². The van der Waals surface area contributed by atoms with Crippen LogP contribution in [0.3, 0.4) is 0 Å². The van der Waals surface area contributed by atoms with Crippen molar-refractivity contribution in [3.05, 3.63) is 68.4 Å². The average molecular weight is 712 g/mol. The summed E-state index contributed by atoms with van der Waals surface area (Å²) < 4.78 is 0. The molecule has 7 aliphatic rings.